The molecule has 4 nitrogen and oxygen atoms in total. The SMILES string of the molecule is O=c1oc(-c2ccsc2)cc2ccc(N3CCNCC3)cc12. The molecule has 5 heteroatoms. The predicted octanol–water partition coefficient (Wildman–Crippen LogP) is 2.93. The van der Waals surface area contributed by atoms with Gasteiger partial charge in [-0.2, -0.15) is 11.3 Å². The Labute approximate surface area is 132 Å². The van der Waals surface area contributed by atoms with Crippen molar-refractivity contribution >= 4 is 27.8 Å². The van der Waals surface area contributed by atoms with Gasteiger partial charge in [-0.15, -0.1) is 0 Å². The molecule has 0 saturated carbocycles. The maximum Gasteiger partial charge on any atom is 0.344 e. The second-order valence-corrected chi connectivity index (χ2v) is 6.20. The number of fused-ring (bicyclic) bond motifs is 1. The number of hydrogen-bond acceptors (Lipinski definition) is 5. The van der Waals surface area contributed by atoms with Crippen molar-refractivity contribution in [1.82, 2.24) is 5.32 Å². The molecule has 0 bridgehead atoms. The highest BCUT2D eigenvalue weighted by Gasteiger charge is 2.13. The molecule has 3 aromatic rings. The van der Waals surface area contributed by atoms with E-state index in [1.807, 2.05) is 35.0 Å². The summed E-state index contributed by atoms with van der Waals surface area (Å²) in [5.41, 5.74) is 1.77. The van der Waals surface area contributed by atoms with Crippen LogP contribution in [-0.4, -0.2) is 26.2 Å². The molecule has 1 fully saturated rings. The van der Waals surface area contributed by atoms with Crippen LogP contribution in [0.15, 0.2) is 50.3 Å². The normalized spacial score (nSPS) is 15.4. The molecular formula is C17H16N2O2S. The predicted molar refractivity (Wildman–Crippen MR) is 90.9 cm³/mol. The van der Waals surface area contributed by atoms with Gasteiger partial charge < -0.3 is 14.6 Å². The van der Waals surface area contributed by atoms with Crippen molar-refractivity contribution in [3.05, 3.63) is 51.5 Å². The number of benzene rings is 1. The third-order valence-corrected chi connectivity index (χ3v) is 4.72. The first-order chi connectivity index (χ1) is 10.8. The van der Waals surface area contributed by atoms with Crippen molar-refractivity contribution < 1.29 is 4.42 Å². The monoisotopic (exact) mass is 312 g/mol. The van der Waals surface area contributed by atoms with Crippen molar-refractivity contribution in [3.63, 3.8) is 0 Å². The lowest BCUT2D eigenvalue weighted by atomic mass is 10.1. The number of nitrogens with one attached hydrogen (secondary N) is 1. The van der Waals surface area contributed by atoms with Crippen molar-refractivity contribution in [2.75, 3.05) is 31.1 Å². The second kappa shape index (κ2) is 5.59. The molecule has 0 unspecified atom stereocenters. The maximum absolute atomic E-state index is 12.3. The van der Waals surface area contributed by atoms with Crippen LogP contribution in [0.5, 0.6) is 0 Å². The summed E-state index contributed by atoms with van der Waals surface area (Å²) >= 11 is 1.59. The smallest absolute Gasteiger partial charge is 0.344 e. The Morgan fingerprint density at radius 3 is 2.77 bits per heavy atom. The topological polar surface area (TPSA) is 45.5 Å². The van der Waals surface area contributed by atoms with Crippen LogP contribution in [0, 0.1) is 0 Å². The Morgan fingerprint density at radius 1 is 1.14 bits per heavy atom. The van der Waals surface area contributed by atoms with Gasteiger partial charge in [0.15, 0.2) is 0 Å². The first-order valence-corrected chi connectivity index (χ1v) is 8.32. The van der Waals surface area contributed by atoms with E-state index in [4.69, 9.17) is 4.42 Å². The standard InChI is InChI=1S/C17H16N2O2S/c20-17-15-10-14(19-6-4-18-5-7-19)2-1-12(15)9-16(21-17)13-3-8-22-11-13/h1-3,8-11,18H,4-7H2. The molecule has 112 valence electrons. The zero-order valence-electron chi connectivity index (χ0n) is 12.0. The van der Waals surface area contributed by atoms with Crippen molar-refractivity contribution in [1.29, 1.82) is 0 Å². The lowest BCUT2D eigenvalue weighted by Gasteiger charge is -2.29. The molecule has 0 atom stereocenters. The molecule has 0 aliphatic carbocycles. The van der Waals surface area contributed by atoms with E-state index >= 15 is 0 Å². The Balaban J connectivity index is 1.79. The highest BCUT2D eigenvalue weighted by atomic mass is 32.1. The van der Waals surface area contributed by atoms with Crippen LogP contribution >= 0.6 is 11.3 Å². The maximum atomic E-state index is 12.3. The van der Waals surface area contributed by atoms with Crippen LogP contribution < -0.4 is 15.8 Å². The Kier molecular flexibility index (Phi) is 3.44. The van der Waals surface area contributed by atoms with Crippen LogP contribution in [0.1, 0.15) is 0 Å². The third kappa shape index (κ3) is 2.42. The zero-order chi connectivity index (χ0) is 14.9. The van der Waals surface area contributed by atoms with Gasteiger partial charge in [0.05, 0.1) is 5.39 Å². The van der Waals surface area contributed by atoms with Crippen molar-refractivity contribution in [3.8, 4) is 11.3 Å². The number of rotatable bonds is 2. The quantitative estimate of drug-likeness (QED) is 0.790. The van der Waals surface area contributed by atoms with Gasteiger partial charge in [0.1, 0.15) is 5.76 Å². The molecule has 1 aliphatic rings. The van der Waals surface area contributed by atoms with E-state index in [2.05, 4.69) is 16.3 Å². The molecule has 1 saturated heterocycles. The molecule has 4 rings (SSSR count). The molecule has 0 radical (unpaired) electrons. The fourth-order valence-corrected chi connectivity index (χ4v) is 3.48. The highest BCUT2D eigenvalue weighted by Crippen LogP contribution is 2.26. The average Bonchev–Trinajstić information content (AvgIpc) is 3.10. The van der Waals surface area contributed by atoms with Crippen LogP contribution in [-0.2, 0) is 0 Å². The largest absolute Gasteiger partial charge is 0.422 e. The summed E-state index contributed by atoms with van der Waals surface area (Å²) in [5.74, 6) is 0.633. The molecule has 0 amide bonds. The van der Waals surface area contributed by atoms with Gasteiger partial charge >= 0.3 is 5.63 Å². The molecule has 3 heterocycles. The highest BCUT2D eigenvalue weighted by molar-refractivity contribution is 7.08. The summed E-state index contributed by atoms with van der Waals surface area (Å²) < 4.78 is 5.50. The summed E-state index contributed by atoms with van der Waals surface area (Å²) in [6.45, 7) is 3.88. The molecular weight excluding hydrogens is 296 g/mol. The van der Waals surface area contributed by atoms with Crippen LogP contribution in [0.3, 0.4) is 0 Å². The zero-order valence-corrected chi connectivity index (χ0v) is 12.9. The number of hydrogen-bond donors (Lipinski definition) is 1. The van der Waals surface area contributed by atoms with Crippen LogP contribution in [0.4, 0.5) is 5.69 Å². The Morgan fingerprint density at radius 2 is 2.00 bits per heavy atom. The minimum absolute atomic E-state index is 0.268. The Hall–Kier alpha value is -2.11. The van der Waals surface area contributed by atoms with E-state index in [1.165, 1.54) is 0 Å². The van der Waals surface area contributed by atoms with E-state index in [-0.39, 0.29) is 5.63 Å². The van der Waals surface area contributed by atoms with E-state index in [1.54, 1.807) is 11.3 Å². The first-order valence-electron chi connectivity index (χ1n) is 7.37. The molecule has 1 aromatic carbocycles. The molecule has 22 heavy (non-hydrogen) atoms. The van der Waals surface area contributed by atoms with E-state index in [0.717, 1.165) is 42.8 Å². The van der Waals surface area contributed by atoms with Gasteiger partial charge in [-0.25, -0.2) is 4.79 Å². The molecule has 2 aromatic heterocycles. The molecule has 0 spiro atoms. The number of anilines is 1. The summed E-state index contributed by atoms with van der Waals surface area (Å²) in [6, 6.07) is 9.96. The minimum Gasteiger partial charge on any atom is -0.422 e. The van der Waals surface area contributed by atoms with E-state index < -0.39 is 0 Å². The minimum atomic E-state index is -0.268. The van der Waals surface area contributed by atoms with Gasteiger partial charge in [0.2, 0.25) is 0 Å². The Bertz CT molecular complexity index is 849. The number of nitrogens with zero attached hydrogens (tertiary/aromatic N) is 1. The molecule has 1 N–H and O–H groups in total. The third-order valence-electron chi connectivity index (χ3n) is 4.03. The lowest BCUT2D eigenvalue weighted by molar-refractivity contribution is 0.535. The van der Waals surface area contributed by atoms with E-state index in [0.29, 0.717) is 11.1 Å². The second-order valence-electron chi connectivity index (χ2n) is 5.42. The van der Waals surface area contributed by atoms with Crippen LogP contribution in [0.25, 0.3) is 22.1 Å². The van der Waals surface area contributed by atoms with Gasteiger partial charge in [0.25, 0.3) is 0 Å². The van der Waals surface area contributed by atoms with Gasteiger partial charge in [-0.1, -0.05) is 6.07 Å². The van der Waals surface area contributed by atoms with Gasteiger partial charge in [0, 0.05) is 42.8 Å². The van der Waals surface area contributed by atoms with E-state index in [9.17, 15) is 4.79 Å². The van der Waals surface area contributed by atoms with Gasteiger partial charge in [-0.05, 0) is 35.0 Å². The summed E-state index contributed by atoms with van der Waals surface area (Å²) in [6.07, 6.45) is 0. The van der Waals surface area contributed by atoms with Crippen LogP contribution in [0.2, 0.25) is 0 Å². The fraction of sp³-hybridized carbons (Fsp3) is 0.235. The summed E-state index contributed by atoms with van der Waals surface area (Å²) in [7, 11) is 0. The molecule has 1 aliphatic heterocycles. The number of thiophene rings is 1. The summed E-state index contributed by atoms with van der Waals surface area (Å²) in [4.78, 5) is 14.6. The van der Waals surface area contributed by atoms with Gasteiger partial charge in [-0.3, -0.25) is 0 Å². The summed E-state index contributed by atoms with van der Waals surface area (Å²) in [5, 5.41) is 8.88. The van der Waals surface area contributed by atoms with Crippen molar-refractivity contribution in [2.24, 2.45) is 0 Å². The number of piperazine rings is 1. The fourth-order valence-electron chi connectivity index (χ4n) is 2.84. The van der Waals surface area contributed by atoms with Crippen molar-refractivity contribution in [2.45, 2.75) is 0 Å². The lowest BCUT2D eigenvalue weighted by Crippen LogP contribution is -2.43. The first kappa shape index (κ1) is 13.5. The average molecular weight is 312 g/mol.